The fourth-order valence-corrected chi connectivity index (χ4v) is 2.20. The first-order chi connectivity index (χ1) is 11.0. The molecule has 0 aliphatic carbocycles. The Morgan fingerprint density at radius 2 is 2.04 bits per heavy atom. The third-order valence-corrected chi connectivity index (χ3v) is 3.43. The first kappa shape index (κ1) is 16.9. The molecule has 0 amide bonds. The Morgan fingerprint density at radius 3 is 2.61 bits per heavy atom. The topological polar surface area (TPSA) is 72.4 Å². The second-order valence-corrected chi connectivity index (χ2v) is 5.23. The summed E-state index contributed by atoms with van der Waals surface area (Å²) in [6, 6.07) is 5.22. The Labute approximate surface area is 139 Å². The predicted octanol–water partition coefficient (Wildman–Crippen LogP) is 2.76. The average molecular weight is 334 g/mol. The molecule has 23 heavy (non-hydrogen) atoms. The van der Waals surface area contributed by atoms with Crippen LogP contribution in [-0.2, 0) is 11.3 Å². The van der Waals surface area contributed by atoms with Crippen LogP contribution >= 0.6 is 11.6 Å². The van der Waals surface area contributed by atoms with Crippen molar-refractivity contribution in [3.8, 4) is 0 Å². The minimum absolute atomic E-state index is 0.304. The Kier molecular flexibility index (Phi) is 5.65. The van der Waals surface area contributed by atoms with Gasteiger partial charge in [-0.1, -0.05) is 17.7 Å². The van der Waals surface area contributed by atoms with E-state index in [2.05, 4.69) is 9.97 Å². The first-order valence-corrected chi connectivity index (χ1v) is 7.36. The van der Waals surface area contributed by atoms with Gasteiger partial charge in [-0.2, -0.15) is 0 Å². The monoisotopic (exact) mass is 333 g/mol. The molecule has 1 heterocycles. The number of ether oxygens (including phenoxy) is 1. The van der Waals surface area contributed by atoms with Crippen LogP contribution in [0.1, 0.15) is 33.2 Å². The Bertz CT molecular complexity index is 704. The van der Waals surface area contributed by atoms with E-state index < -0.39 is 5.97 Å². The third kappa shape index (κ3) is 4.26. The summed E-state index contributed by atoms with van der Waals surface area (Å²) in [6.45, 7) is 2.55. The van der Waals surface area contributed by atoms with Gasteiger partial charge in [-0.05, 0) is 24.6 Å². The summed E-state index contributed by atoms with van der Waals surface area (Å²) in [7, 11) is 1.82. The molecule has 0 unspecified atom stereocenters. The number of aromatic nitrogens is 2. The Hall–Kier alpha value is -2.47. The van der Waals surface area contributed by atoms with Crippen LogP contribution in [0.4, 0.5) is 5.95 Å². The van der Waals surface area contributed by atoms with Crippen molar-refractivity contribution in [2.45, 2.75) is 13.5 Å². The van der Waals surface area contributed by atoms with E-state index in [-0.39, 0.29) is 0 Å². The summed E-state index contributed by atoms with van der Waals surface area (Å²) < 4.78 is 4.88. The number of anilines is 1. The van der Waals surface area contributed by atoms with Gasteiger partial charge in [-0.25, -0.2) is 14.8 Å². The molecule has 0 fully saturated rings. The van der Waals surface area contributed by atoms with Crippen molar-refractivity contribution < 1.29 is 14.3 Å². The Balaban J connectivity index is 2.08. The molecule has 0 spiro atoms. The lowest BCUT2D eigenvalue weighted by atomic mass is 10.1. The molecular formula is C16H16ClN3O3. The van der Waals surface area contributed by atoms with E-state index in [0.29, 0.717) is 41.5 Å². The van der Waals surface area contributed by atoms with Gasteiger partial charge in [0.2, 0.25) is 5.95 Å². The molecule has 0 saturated heterocycles. The van der Waals surface area contributed by atoms with Gasteiger partial charge in [0.05, 0.1) is 17.2 Å². The summed E-state index contributed by atoms with van der Waals surface area (Å²) >= 11 is 6.01. The molecule has 7 heteroatoms. The summed E-state index contributed by atoms with van der Waals surface area (Å²) in [6.07, 6.45) is 3.58. The molecule has 1 aromatic heterocycles. The van der Waals surface area contributed by atoms with Crippen molar-refractivity contribution in [3.63, 3.8) is 0 Å². The highest BCUT2D eigenvalue weighted by Crippen LogP contribution is 2.18. The molecule has 0 aliphatic rings. The zero-order chi connectivity index (χ0) is 16.8. The second-order valence-electron chi connectivity index (χ2n) is 4.82. The number of nitrogens with zero attached hydrogens (tertiary/aromatic N) is 3. The molecule has 2 rings (SSSR count). The van der Waals surface area contributed by atoms with E-state index >= 15 is 0 Å². The molecule has 2 aromatic rings. The van der Waals surface area contributed by atoms with Crippen molar-refractivity contribution in [3.05, 3.63) is 52.3 Å². The van der Waals surface area contributed by atoms with Crippen LogP contribution in [0.5, 0.6) is 0 Å². The molecule has 0 radical (unpaired) electrons. The highest BCUT2D eigenvalue weighted by molar-refractivity contribution is 6.33. The molecular weight excluding hydrogens is 318 g/mol. The summed E-state index contributed by atoms with van der Waals surface area (Å²) in [4.78, 5) is 32.4. The summed E-state index contributed by atoms with van der Waals surface area (Å²) in [5, 5.41) is 0.407. The predicted molar refractivity (Wildman–Crippen MR) is 86.9 cm³/mol. The van der Waals surface area contributed by atoms with Crippen LogP contribution in [0.25, 0.3) is 0 Å². The molecule has 120 valence electrons. The van der Waals surface area contributed by atoms with Crippen LogP contribution in [0.15, 0.2) is 30.6 Å². The molecule has 0 atom stereocenters. The smallest absolute Gasteiger partial charge is 0.341 e. The van der Waals surface area contributed by atoms with Crippen molar-refractivity contribution in [1.29, 1.82) is 0 Å². The zero-order valence-corrected chi connectivity index (χ0v) is 13.6. The van der Waals surface area contributed by atoms with Gasteiger partial charge in [-0.3, -0.25) is 4.79 Å². The number of halogens is 1. The van der Waals surface area contributed by atoms with Crippen LogP contribution in [0, 0.1) is 0 Å². The molecule has 0 N–H and O–H groups in total. The first-order valence-electron chi connectivity index (χ1n) is 6.99. The van der Waals surface area contributed by atoms with Gasteiger partial charge < -0.3 is 9.64 Å². The lowest BCUT2D eigenvalue weighted by Gasteiger charge is -2.17. The van der Waals surface area contributed by atoms with Crippen molar-refractivity contribution in [1.82, 2.24) is 9.97 Å². The highest BCUT2D eigenvalue weighted by atomic mass is 35.5. The maximum atomic E-state index is 11.6. The number of hydrogen-bond donors (Lipinski definition) is 0. The number of carbonyl (C=O) groups excluding carboxylic acids is 2. The Morgan fingerprint density at radius 1 is 1.35 bits per heavy atom. The molecule has 0 saturated carbocycles. The summed E-state index contributed by atoms with van der Waals surface area (Å²) in [5.41, 5.74) is 1.68. The minimum atomic E-state index is -0.446. The quantitative estimate of drug-likeness (QED) is 0.598. The number of carbonyl (C=O) groups is 2. The van der Waals surface area contributed by atoms with E-state index in [1.807, 2.05) is 13.1 Å². The van der Waals surface area contributed by atoms with E-state index in [9.17, 15) is 9.59 Å². The minimum Gasteiger partial charge on any atom is -0.462 e. The lowest BCUT2D eigenvalue weighted by Crippen LogP contribution is -2.19. The van der Waals surface area contributed by atoms with Gasteiger partial charge in [-0.15, -0.1) is 0 Å². The number of hydrogen-bond acceptors (Lipinski definition) is 6. The average Bonchev–Trinajstić information content (AvgIpc) is 2.55. The van der Waals surface area contributed by atoms with Gasteiger partial charge in [0.1, 0.15) is 0 Å². The fraction of sp³-hybridized carbons (Fsp3) is 0.250. The SMILES string of the molecule is CCOC(=O)c1cnc(N(C)Cc2ccc(C=O)c(Cl)c2)nc1. The zero-order valence-electron chi connectivity index (χ0n) is 12.8. The van der Waals surface area contributed by atoms with E-state index in [4.69, 9.17) is 16.3 Å². The van der Waals surface area contributed by atoms with Gasteiger partial charge in [0.25, 0.3) is 0 Å². The van der Waals surface area contributed by atoms with E-state index in [0.717, 1.165) is 5.56 Å². The third-order valence-electron chi connectivity index (χ3n) is 3.10. The second kappa shape index (κ2) is 7.69. The normalized spacial score (nSPS) is 10.2. The molecule has 0 bridgehead atoms. The van der Waals surface area contributed by atoms with Gasteiger partial charge >= 0.3 is 5.97 Å². The van der Waals surface area contributed by atoms with Crippen molar-refractivity contribution >= 4 is 29.8 Å². The standard InChI is InChI=1S/C16H16ClN3O3/c1-3-23-15(22)13-7-18-16(19-8-13)20(2)9-11-4-5-12(10-21)14(17)6-11/h4-8,10H,3,9H2,1-2H3. The fourth-order valence-electron chi connectivity index (χ4n) is 1.95. The molecule has 1 aromatic carbocycles. The largest absolute Gasteiger partial charge is 0.462 e. The highest BCUT2D eigenvalue weighted by Gasteiger charge is 2.11. The van der Waals surface area contributed by atoms with E-state index in [1.54, 1.807) is 24.0 Å². The molecule has 6 nitrogen and oxygen atoms in total. The van der Waals surface area contributed by atoms with E-state index in [1.165, 1.54) is 12.4 Å². The lowest BCUT2D eigenvalue weighted by molar-refractivity contribution is 0.0525. The van der Waals surface area contributed by atoms with Gasteiger partial charge in [0.15, 0.2) is 6.29 Å². The van der Waals surface area contributed by atoms with Crippen molar-refractivity contribution in [2.75, 3.05) is 18.6 Å². The number of benzene rings is 1. The maximum Gasteiger partial charge on any atom is 0.341 e. The molecule has 0 aliphatic heterocycles. The van der Waals surface area contributed by atoms with Crippen molar-refractivity contribution in [2.24, 2.45) is 0 Å². The maximum absolute atomic E-state index is 11.6. The van der Waals surface area contributed by atoms with Gasteiger partial charge in [0, 0.05) is 31.5 Å². The van der Waals surface area contributed by atoms with Crippen LogP contribution in [-0.4, -0.2) is 35.9 Å². The van der Waals surface area contributed by atoms with Crippen LogP contribution in [0.2, 0.25) is 5.02 Å². The number of esters is 1. The number of rotatable bonds is 6. The summed E-state index contributed by atoms with van der Waals surface area (Å²) in [5.74, 6) is 0.0200. The number of aldehydes is 1. The van der Waals surface area contributed by atoms with Crippen LogP contribution < -0.4 is 4.90 Å². The van der Waals surface area contributed by atoms with Crippen LogP contribution in [0.3, 0.4) is 0 Å².